The summed E-state index contributed by atoms with van der Waals surface area (Å²) >= 11 is 0. The summed E-state index contributed by atoms with van der Waals surface area (Å²) in [6.45, 7) is 4.44. The summed E-state index contributed by atoms with van der Waals surface area (Å²) in [4.78, 5) is 11.5. The van der Waals surface area contributed by atoms with E-state index in [1.807, 2.05) is 32.0 Å². The summed E-state index contributed by atoms with van der Waals surface area (Å²) in [6.07, 6.45) is 0. The van der Waals surface area contributed by atoms with Crippen LogP contribution in [0.4, 0.5) is 0 Å². The summed E-state index contributed by atoms with van der Waals surface area (Å²) in [5.41, 5.74) is 7.37. The molecule has 1 amide bonds. The van der Waals surface area contributed by atoms with Crippen LogP contribution >= 0.6 is 0 Å². The Kier molecular flexibility index (Phi) is 3.65. The number of hydrogen-bond acceptors (Lipinski definition) is 2. The molecule has 0 heterocycles. The maximum absolute atomic E-state index is 11.5. The Morgan fingerprint density at radius 3 is 2.86 bits per heavy atom. The van der Waals surface area contributed by atoms with Gasteiger partial charge in [0.05, 0.1) is 0 Å². The Bertz CT molecular complexity index is 321. The summed E-state index contributed by atoms with van der Waals surface area (Å²) in [5, 5.41) is 2.75. The van der Waals surface area contributed by atoms with Gasteiger partial charge in [-0.2, -0.15) is 0 Å². The summed E-state index contributed by atoms with van der Waals surface area (Å²) < 4.78 is 0. The molecule has 1 rings (SSSR count). The smallest absolute Gasteiger partial charge is 0.251 e. The molecule has 0 saturated carbocycles. The van der Waals surface area contributed by atoms with Crippen LogP contribution in [-0.4, -0.2) is 12.5 Å². The predicted octanol–water partition coefficient (Wildman–Crippen LogP) is 1.46. The van der Waals surface area contributed by atoms with Crippen molar-refractivity contribution >= 4 is 5.91 Å². The van der Waals surface area contributed by atoms with E-state index in [1.165, 1.54) is 0 Å². The monoisotopic (exact) mass is 192 g/mol. The number of benzene rings is 1. The van der Waals surface area contributed by atoms with Gasteiger partial charge in [0.1, 0.15) is 0 Å². The third-order valence-corrected chi connectivity index (χ3v) is 2.01. The molecule has 0 bridgehead atoms. The highest BCUT2D eigenvalue weighted by Gasteiger charge is 2.05. The fourth-order valence-electron chi connectivity index (χ4n) is 1.23. The van der Waals surface area contributed by atoms with Gasteiger partial charge in [-0.15, -0.1) is 0 Å². The van der Waals surface area contributed by atoms with Crippen LogP contribution in [0.5, 0.6) is 0 Å². The molecule has 0 radical (unpaired) electrons. The van der Waals surface area contributed by atoms with Crippen LogP contribution in [0.2, 0.25) is 0 Å². The quantitative estimate of drug-likeness (QED) is 0.761. The van der Waals surface area contributed by atoms with Crippen molar-refractivity contribution in [1.82, 2.24) is 5.32 Å². The van der Waals surface area contributed by atoms with Gasteiger partial charge in [-0.3, -0.25) is 4.79 Å². The second-order valence-corrected chi connectivity index (χ2v) is 3.27. The molecule has 0 fully saturated rings. The van der Waals surface area contributed by atoms with E-state index in [2.05, 4.69) is 5.32 Å². The van der Waals surface area contributed by atoms with Crippen LogP contribution in [0.15, 0.2) is 24.3 Å². The lowest BCUT2D eigenvalue weighted by Gasteiger charge is -2.07. The molecule has 1 atom stereocenters. The number of carbonyl (C=O) groups excluding carboxylic acids is 1. The summed E-state index contributed by atoms with van der Waals surface area (Å²) in [6, 6.07) is 7.35. The van der Waals surface area contributed by atoms with E-state index in [0.717, 1.165) is 5.56 Å². The Morgan fingerprint density at radius 2 is 2.29 bits per heavy atom. The number of amides is 1. The van der Waals surface area contributed by atoms with Gasteiger partial charge in [0.15, 0.2) is 0 Å². The first kappa shape index (κ1) is 10.7. The van der Waals surface area contributed by atoms with E-state index in [0.29, 0.717) is 12.1 Å². The van der Waals surface area contributed by atoms with Gasteiger partial charge < -0.3 is 11.1 Å². The molecular formula is C11H16N2O. The minimum absolute atomic E-state index is 0.0376. The number of nitrogens with two attached hydrogens (primary N) is 1. The topological polar surface area (TPSA) is 55.1 Å². The molecule has 0 aliphatic carbocycles. The highest BCUT2D eigenvalue weighted by atomic mass is 16.1. The lowest BCUT2D eigenvalue weighted by atomic mass is 10.1. The predicted molar refractivity (Wildman–Crippen MR) is 57.1 cm³/mol. The van der Waals surface area contributed by atoms with Gasteiger partial charge in [0, 0.05) is 18.2 Å². The molecule has 0 aromatic heterocycles. The molecule has 0 saturated heterocycles. The molecule has 3 nitrogen and oxygen atoms in total. The van der Waals surface area contributed by atoms with E-state index < -0.39 is 0 Å². The normalized spacial score (nSPS) is 12.2. The molecule has 0 aliphatic heterocycles. The van der Waals surface area contributed by atoms with Crippen molar-refractivity contribution in [1.29, 1.82) is 0 Å². The molecule has 0 spiro atoms. The average Bonchev–Trinajstić information content (AvgIpc) is 2.18. The van der Waals surface area contributed by atoms with Crippen molar-refractivity contribution in [2.75, 3.05) is 6.54 Å². The Morgan fingerprint density at radius 1 is 1.57 bits per heavy atom. The molecule has 1 unspecified atom stereocenters. The van der Waals surface area contributed by atoms with Gasteiger partial charge in [-0.05, 0) is 31.5 Å². The first-order valence-electron chi connectivity index (χ1n) is 4.79. The third kappa shape index (κ3) is 2.57. The zero-order chi connectivity index (χ0) is 10.6. The van der Waals surface area contributed by atoms with Gasteiger partial charge in [-0.1, -0.05) is 12.1 Å². The van der Waals surface area contributed by atoms with Crippen molar-refractivity contribution in [2.24, 2.45) is 5.73 Å². The lowest BCUT2D eigenvalue weighted by molar-refractivity contribution is 0.0955. The fourth-order valence-corrected chi connectivity index (χ4v) is 1.23. The SMILES string of the molecule is CCNC(=O)c1cccc(C(C)N)c1. The molecule has 76 valence electrons. The Balaban J connectivity index is 2.88. The highest BCUT2D eigenvalue weighted by molar-refractivity contribution is 5.94. The average molecular weight is 192 g/mol. The molecule has 0 aliphatic rings. The van der Waals surface area contributed by atoms with Crippen molar-refractivity contribution in [3.05, 3.63) is 35.4 Å². The second-order valence-electron chi connectivity index (χ2n) is 3.27. The van der Waals surface area contributed by atoms with Crippen LogP contribution in [-0.2, 0) is 0 Å². The van der Waals surface area contributed by atoms with Gasteiger partial charge >= 0.3 is 0 Å². The Hall–Kier alpha value is -1.35. The molecule has 14 heavy (non-hydrogen) atoms. The number of carbonyl (C=O) groups is 1. The van der Waals surface area contributed by atoms with Crippen LogP contribution in [0.3, 0.4) is 0 Å². The first-order chi connectivity index (χ1) is 6.65. The maximum atomic E-state index is 11.5. The van der Waals surface area contributed by atoms with Gasteiger partial charge in [-0.25, -0.2) is 0 Å². The second kappa shape index (κ2) is 4.77. The third-order valence-electron chi connectivity index (χ3n) is 2.01. The van der Waals surface area contributed by atoms with Crippen LogP contribution in [0, 0.1) is 0 Å². The van der Waals surface area contributed by atoms with Crippen LogP contribution < -0.4 is 11.1 Å². The maximum Gasteiger partial charge on any atom is 0.251 e. The Labute approximate surface area is 84.3 Å². The molecule has 1 aromatic carbocycles. The minimum atomic E-state index is -0.0463. The lowest BCUT2D eigenvalue weighted by Crippen LogP contribution is -2.22. The van der Waals surface area contributed by atoms with E-state index in [9.17, 15) is 4.79 Å². The van der Waals surface area contributed by atoms with E-state index in [-0.39, 0.29) is 11.9 Å². The zero-order valence-corrected chi connectivity index (χ0v) is 8.58. The van der Waals surface area contributed by atoms with Crippen LogP contribution in [0.25, 0.3) is 0 Å². The summed E-state index contributed by atoms with van der Waals surface area (Å²) in [5.74, 6) is -0.0463. The van der Waals surface area contributed by atoms with Crippen molar-refractivity contribution in [3.63, 3.8) is 0 Å². The number of rotatable bonds is 3. The van der Waals surface area contributed by atoms with Crippen molar-refractivity contribution < 1.29 is 4.79 Å². The van der Waals surface area contributed by atoms with E-state index in [1.54, 1.807) is 6.07 Å². The molecule has 3 N–H and O–H groups in total. The van der Waals surface area contributed by atoms with E-state index in [4.69, 9.17) is 5.73 Å². The molecule has 1 aromatic rings. The first-order valence-corrected chi connectivity index (χ1v) is 4.79. The van der Waals surface area contributed by atoms with E-state index >= 15 is 0 Å². The molecule has 3 heteroatoms. The fraction of sp³-hybridized carbons (Fsp3) is 0.364. The largest absolute Gasteiger partial charge is 0.352 e. The van der Waals surface area contributed by atoms with Gasteiger partial charge in [0.2, 0.25) is 0 Å². The summed E-state index contributed by atoms with van der Waals surface area (Å²) in [7, 11) is 0. The van der Waals surface area contributed by atoms with Crippen LogP contribution in [0.1, 0.15) is 35.8 Å². The number of hydrogen-bond donors (Lipinski definition) is 2. The number of nitrogens with one attached hydrogen (secondary N) is 1. The van der Waals surface area contributed by atoms with Crippen molar-refractivity contribution in [3.8, 4) is 0 Å². The molecular weight excluding hydrogens is 176 g/mol. The van der Waals surface area contributed by atoms with Gasteiger partial charge in [0.25, 0.3) is 5.91 Å². The standard InChI is InChI=1S/C11H16N2O/c1-3-13-11(14)10-6-4-5-9(7-10)8(2)12/h4-8H,3,12H2,1-2H3,(H,13,14). The van der Waals surface area contributed by atoms with Crippen molar-refractivity contribution in [2.45, 2.75) is 19.9 Å². The minimum Gasteiger partial charge on any atom is -0.352 e. The highest BCUT2D eigenvalue weighted by Crippen LogP contribution is 2.11. The zero-order valence-electron chi connectivity index (χ0n) is 8.58.